The molecule has 2 aliphatic carbocycles. The van der Waals surface area contributed by atoms with Crippen LogP contribution in [0.25, 0.3) is 0 Å². The van der Waals surface area contributed by atoms with Gasteiger partial charge in [0.15, 0.2) is 0 Å². The average Bonchev–Trinajstić information content (AvgIpc) is 2.22. The van der Waals surface area contributed by atoms with Crippen LogP contribution in [0, 0.1) is 23.2 Å². The number of hydrogen-bond donors (Lipinski definition) is 1. The second-order valence-corrected chi connectivity index (χ2v) is 7.10. The molecule has 0 unspecified atom stereocenters. The molecule has 1 N–H and O–H groups in total. The summed E-state index contributed by atoms with van der Waals surface area (Å²) in [5.41, 5.74) is -0.480. The minimum atomic E-state index is -0.603. The van der Waals surface area contributed by atoms with Gasteiger partial charge in [0.25, 0.3) is 0 Å². The van der Waals surface area contributed by atoms with Gasteiger partial charge in [0.05, 0.1) is 5.60 Å². The topological polar surface area (TPSA) is 37.3 Å². The minimum Gasteiger partial charge on any atom is -0.390 e. The lowest BCUT2D eigenvalue weighted by Crippen LogP contribution is -2.50. The highest BCUT2D eigenvalue weighted by Crippen LogP contribution is 2.54. The summed E-state index contributed by atoms with van der Waals surface area (Å²) in [6.07, 6.45) is 4.80. The van der Waals surface area contributed by atoms with E-state index >= 15 is 0 Å². The van der Waals surface area contributed by atoms with E-state index in [1.807, 2.05) is 13.8 Å². The Bertz CT molecular complexity index is 315. The normalized spacial score (nSPS) is 43.4. The lowest BCUT2D eigenvalue weighted by atomic mass is 9.52. The number of carbonyl (C=O) groups excluding carboxylic acids is 1. The molecule has 0 saturated heterocycles. The van der Waals surface area contributed by atoms with Crippen LogP contribution in [0.4, 0.5) is 0 Å². The summed E-state index contributed by atoms with van der Waals surface area (Å²) >= 11 is 0. The largest absolute Gasteiger partial charge is 0.390 e. The van der Waals surface area contributed by atoms with Gasteiger partial charge < -0.3 is 5.11 Å². The van der Waals surface area contributed by atoms with Crippen molar-refractivity contribution >= 4 is 5.78 Å². The van der Waals surface area contributed by atoms with E-state index in [4.69, 9.17) is 0 Å². The summed E-state index contributed by atoms with van der Waals surface area (Å²) in [7, 11) is 0. The van der Waals surface area contributed by atoms with Crippen molar-refractivity contribution in [3.63, 3.8) is 0 Å². The van der Waals surface area contributed by atoms with Gasteiger partial charge in [-0.05, 0) is 56.8 Å². The van der Waals surface area contributed by atoms with Crippen LogP contribution in [-0.4, -0.2) is 16.5 Å². The van der Waals surface area contributed by atoms with Crippen molar-refractivity contribution < 1.29 is 9.90 Å². The highest BCUT2D eigenvalue weighted by atomic mass is 16.3. The van der Waals surface area contributed by atoms with E-state index in [-0.39, 0.29) is 11.3 Å². The number of Topliss-reactive ketones (excluding diaryl/α,β-unsaturated/α-hetero) is 1. The van der Waals surface area contributed by atoms with Crippen molar-refractivity contribution in [3.8, 4) is 0 Å². The van der Waals surface area contributed by atoms with Gasteiger partial charge >= 0.3 is 0 Å². The Morgan fingerprint density at radius 1 is 1.29 bits per heavy atom. The third-order valence-electron chi connectivity index (χ3n) is 5.62. The third-order valence-corrected chi connectivity index (χ3v) is 5.62. The van der Waals surface area contributed by atoms with Crippen LogP contribution in [0.5, 0.6) is 0 Å². The van der Waals surface area contributed by atoms with Crippen LogP contribution in [0.15, 0.2) is 0 Å². The molecule has 0 aromatic heterocycles. The van der Waals surface area contributed by atoms with Gasteiger partial charge in [0, 0.05) is 12.3 Å². The lowest BCUT2D eigenvalue weighted by Gasteiger charge is -2.52. The summed E-state index contributed by atoms with van der Waals surface area (Å²) in [4.78, 5) is 12.1. The maximum absolute atomic E-state index is 12.1. The molecule has 2 fully saturated rings. The van der Waals surface area contributed by atoms with Crippen molar-refractivity contribution in [3.05, 3.63) is 0 Å². The highest BCUT2D eigenvalue weighted by molar-refractivity contribution is 5.82. The minimum absolute atomic E-state index is 0.123. The van der Waals surface area contributed by atoms with Gasteiger partial charge in [-0.1, -0.05) is 13.8 Å². The number of ketones is 1. The molecule has 0 radical (unpaired) electrons. The molecule has 0 bridgehead atoms. The van der Waals surface area contributed by atoms with Gasteiger partial charge in [-0.2, -0.15) is 0 Å². The quantitative estimate of drug-likeness (QED) is 0.762. The molecule has 2 saturated carbocycles. The number of rotatable bonds is 1. The van der Waals surface area contributed by atoms with Crippen molar-refractivity contribution in [2.45, 2.75) is 65.4 Å². The summed E-state index contributed by atoms with van der Waals surface area (Å²) in [6, 6.07) is 0. The van der Waals surface area contributed by atoms with E-state index in [1.54, 1.807) is 0 Å². The molecule has 2 rings (SSSR count). The standard InChI is InChI=1S/C15H26O2/c1-10-5-8-13(16)12-7-6-11(14(2,3)17)9-15(10,12)4/h10-12,17H,5-9H2,1-4H3/t10-,11-,12+,15+/m1/s1. The highest BCUT2D eigenvalue weighted by Gasteiger charge is 2.51. The third kappa shape index (κ3) is 2.16. The van der Waals surface area contributed by atoms with Gasteiger partial charge in [-0.25, -0.2) is 0 Å². The first-order valence-corrected chi connectivity index (χ1v) is 7.00. The smallest absolute Gasteiger partial charge is 0.136 e. The first-order valence-electron chi connectivity index (χ1n) is 7.00. The van der Waals surface area contributed by atoms with Crippen LogP contribution in [-0.2, 0) is 4.79 Å². The molecule has 2 heteroatoms. The Labute approximate surface area is 105 Å². The SMILES string of the molecule is C[C@@H]1CCC(=O)[C@@H]2CC[C@@H](C(C)(C)O)C[C@@]12C. The molecule has 0 amide bonds. The summed E-state index contributed by atoms with van der Waals surface area (Å²) in [6.45, 7) is 8.39. The van der Waals surface area contributed by atoms with Crippen molar-refractivity contribution in [1.82, 2.24) is 0 Å². The first kappa shape index (κ1) is 13.1. The molecule has 2 aliphatic rings. The fraction of sp³-hybridized carbons (Fsp3) is 0.933. The molecule has 2 nitrogen and oxygen atoms in total. The Hall–Kier alpha value is -0.370. The Balaban J connectivity index is 2.23. The number of fused-ring (bicyclic) bond motifs is 1. The number of carbonyl (C=O) groups is 1. The molecule has 0 heterocycles. The van der Waals surface area contributed by atoms with E-state index in [0.717, 1.165) is 32.1 Å². The summed E-state index contributed by atoms with van der Waals surface area (Å²) in [5, 5.41) is 10.2. The van der Waals surface area contributed by atoms with Gasteiger partial charge in [0.1, 0.15) is 5.78 Å². The molecule has 0 aliphatic heterocycles. The fourth-order valence-electron chi connectivity index (χ4n) is 4.01. The van der Waals surface area contributed by atoms with Crippen LogP contribution in [0.1, 0.15) is 59.8 Å². The monoisotopic (exact) mass is 238 g/mol. The maximum Gasteiger partial charge on any atom is 0.136 e. The zero-order valence-corrected chi connectivity index (χ0v) is 11.6. The molecule has 98 valence electrons. The first-order chi connectivity index (χ1) is 7.75. The Kier molecular flexibility index (Phi) is 3.14. The molecule has 0 spiro atoms. The molecular weight excluding hydrogens is 212 g/mol. The second kappa shape index (κ2) is 4.08. The van der Waals surface area contributed by atoms with Crippen molar-refractivity contribution in [1.29, 1.82) is 0 Å². The summed E-state index contributed by atoms with van der Waals surface area (Å²) < 4.78 is 0. The van der Waals surface area contributed by atoms with Crippen molar-refractivity contribution in [2.24, 2.45) is 23.2 Å². The van der Waals surface area contributed by atoms with Crippen molar-refractivity contribution in [2.75, 3.05) is 0 Å². The molecule has 17 heavy (non-hydrogen) atoms. The van der Waals surface area contributed by atoms with Crippen LogP contribution in [0.2, 0.25) is 0 Å². The Morgan fingerprint density at radius 3 is 2.53 bits per heavy atom. The predicted octanol–water partition coefficient (Wildman–Crippen LogP) is 3.18. The van der Waals surface area contributed by atoms with Crippen LogP contribution < -0.4 is 0 Å². The van der Waals surface area contributed by atoms with Gasteiger partial charge in [-0.3, -0.25) is 4.79 Å². The Morgan fingerprint density at radius 2 is 1.94 bits per heavy atom. The van der Waals surface area contributed by atoms with Crippen LogP contribution >= 0.6 is 0 Å². The molecular formula is C15H26O2. The molecule has 4 atom stereocenters. The lowest BCUT2D eigenvalue weighted by molar-refractivity contribution is -0.142. The van der Waals surface area contributed by atoms with E-state index in [1.165, 1.54) is 0 Å². The molecule has 0 aromatic rings. The van der Waals surface area contributed by atoms with Crippen LogP contribution in [0.3, 0.4) is 0 Å². The zero-order valence-electron chi connectivity index (χ0n) is 11.6. The zero-order chi connectivity index (χ0) is 12.8. The maximum atomic E-state index is 12.1. The molecule has 0 aromatic carbocycles. The van der Waals surface area contributed by atoms with Gasteiger partial charge in [-0.15, -0.1) is 0 Å². The van der Waals surface area contributed by atoms with E-state index in [2.05, 4.69) is 13.8 Å². The number of aliphatic hydroxyl groups is 1. The van der Waals surface area contributed by atoms with E-state index in [9.17, 15) is 9.90 Å². The second-order valence-electron chi connectivity index (χ2n) is 7.10. The predicted molar refractivity (Wildman–Crippen MR) is 68.6 cm³/mol. The number of hydrogen-bond acceptors (Lipinski definition) is 2. The van der Waals surface area contributed by atoms with Gasteiger partial charge in [0.2, 0.25) is 0 Å². The van der Waals surface area contributed by atoms with E-state index < -0.39 is 5.60 Å². The average molecular weight is 238 g/mol. The van der Waals surface area contributed by atoms with E-state index in [0.29, 0.717) is 17.6 Å². The summed E-state index contributed by atoms with van der Waals surface area (Å²) in [5.74, 6) is 1.68. The fourth-order valence-corrected chi connectivity index (χ4v) is 4.01.